The van der Waals surface area contributed by atoms with Crippen LogP contribution in [-0.2, 0) is 9.84 Å². The van der Waals surface area contributed by atoms with Crippen LogP contribution in [0.25, 0.3) is 0 Å². The van der Waals surface area contributed by atoms with Crippen molar-refractivity contribution in [2.75, 3.05) is 11.5 Å². The molecule has 1 aliphatic heterocycles. The Hall–Kier alpha value is -1.03. The first kappa shape index (κ1) is 11.5. The fourth-order valence-corrected chi connectivity index (χ4v) is 3.48. The Labute approximate surface area is 96.4 Å². The van der Waals surface area contributed by atoms with Crippen molar-refractivity contribution in [2.24, 2.45) is 0 Å². The van der Waals surface area contributed by atoms with Crippen LogP contribution in [0.4, 0.5) is 0 Å². The second-order valence-corrected chi connectivity index (χ2v) is 6.57. The highest BCUT2D eigenvalue weighted by atomic mass is 32.2. The van der Waals surface area contributed by atoms with E-state index in [1.54, 1.807) is 0 Å². The molecule has 1 aromatic rings. The third-order valence-electron chi connectivity index (χ3n) is 3.04. The van der Waals surface area contributed by atoms with E-state index < -0.39 is 9.84 Å². The average molecular weight is 240 g/mol. The molecule has 1 heterocycles. The predicted octanol–water partition coefficient (Wildman–Crippen LogP) is 1.87. The predicted molar refractivity (Wildman–Crippen MR) is 63.6 cm³/mol. The topological polar surface area (TPSA) is 43.4 Å². The van der Waals surface area contributed by atoms with Crippen LogP contribution in [0.1, 0.15) is 17.5 Å². The Balaban J connectivity index is 2.14. The number of ether oxygens (including phenoxy) is 1. The van der Waals surface area contributed by atoms with Gasteiger partial charge in [-0.15, -0.1) is 0 Å². The minimum absolute atomic E-state index is 0.153. The van der Waals surface area contributed by atoms with Gasteiger partial charge in [0, 0.05) is 0 Å². The fourth-order valence-electron chi connectivity index (χ4n) is 1.89. The van der Waals surface area contributed by atoms with E-state index in [4.69, 9.17) is 4.74 Å². The van der Waals surface area contributed by atoms with E-state index in [9.17, 15) is 8.42 Å². The standard InChI is InChI=1S/C12H16O3S/c1-9-4-3-5-12(10(9)2)15-11-6-7-16(13,14)8-11/h3-5,11H,6-8H2,1-2H3. The zero-order valence-corrected chi connectivity index (χ0v) is 10.4. The second kappa shape index (κ2) is 4.09. The normalized spacial score (nSPS) is 23.2. The monoisotopic (exact) mass is 240 g/mol. The van der Waals surface area contributed by atoms with E-state index >= 15 is 0 Å². The lowest BCUT2D eigenvalue weighted by Crippen LogP contribution is -2.18. The molecule has 1 aromatic carbocycles. The number of hydrogen-bond donors (Lipinski definition) is 0. The summed E-state index contributed by atoms with van der Waals surface area (Å²) in [6.45, 7) is 4.02. The van der Waals surface area contributed by atoms with Crippen LogP contribution in [0, 0.1) is 13.8 Å². The molecule has 0 radical (unpaired) electrons. The van der Waals surface area contributed by atoms with Gasteiger partial charge in [0.1, 0.15) is 11.9 Å². The largest absolute Gasteiger partial charge is 0.489 e. The molecule has 0 amide bonds. The van der Waals surface area contributed by atoms with Gasteiger partial charge in [-0.2, -0.15) is 0 Å². The summed E-state index contributed by atoms with van der Waals surface area (Å²) in [6, 6.07) is 5.85. The van der Waals surface area contributed by atoms with E-state index in [1.807, 2.05) is 32.0 Å². The zero-order chi connectivity index (χ0) is 11.8. The highest BCUT2D eigenvalue weighted by molar-refractivity contribution is 7.91. The van der Waals surface area contributed by atoms with Crippen LogP contribution in [0.3, 0.4) is 0 Å². The summed E-state index contributed by atoms with van der Waals surface area (Å²) >= 11 is 0. The Morgan fingerprint density at radius 1 is 1.31 bits per heavy atom. The van der Waals surface area contributed by atoms with Crippen molar-refractivity contribution in [3.63, 3.8) is 0 Å². The highest BCUT2D eigenvalue weighted by Crippen LogP contribution is 2.24. The van der Waals surface area contributed by atoms with Gasteiger partial charge in [-0.1, -0.05) is 12.1 Å². The minimum atomic E-state index is -2.86. The average Bonchev–Trinajstić information content (AvgIpc) is 2.53. The van der Waals surface area contributed by atoms with Crippen LogP contribution in [0.5, 0.6) is 5.75 Å². The molecule has 4 heteroatoms. The lowest BCUT2D eigenvalue weighted by atomic mass is 10.1. The first-order chi connectivity index (χ1) is 7.48. The van der Waals surface area contributed by atoms with Gasteiger partial charge in [0.05, 0.1) is 11.5 Å². The number of rotatable bonds is 2. The Kier molecular flexibility index (Phi) is 2.93. The molecule has 2 rings (SSSR count). The third kappa shape index (κ3) is 2.38. The Bertz CT molecular complexity index is 491. The van der Waals surface area contributed by atoms with Crippen molar-refractivity contribution in [2.45, 2.75) is 26.4 Å². The van der Waals surface area contributed by atoms with Crippen LogP contribution in [-0.4, -0.2) is 26.0 Å². The summed E-state index contributed by atoms with van der Waals surface area (Å²) in [4.78, 5) is 0. The minimum Gasteiger partial charge on any atom is -0.489 e. The van der Waals surface area contributed by atoms with Crippen molar-refractivity contribution in [3.8, 4) is 5.75 Å². The molecule has 16 heavy (non-hydrogen) atoms. The third-order valence-corrected chi connectivity index (χ3v) is 4.78. The summed E-state index contributed by atoms with van der Waals surface area (Å²) in [7, 11) is -2.86. The highest BCUT2D eigenvalue weighted by Gasteiger charge is 2.29. The Morgan fingerprint density at radius 2 is 2.06 bits per heavy atom. The van der Waals surface area contributed by atoms with Crippen molar-refractivity contribution in [1.29, 1.82) is 0 Å². The van der Waals surface area contributed by atoms with Crippen molar-refractivity contribution >= 4 is 9.84 Å². The maximum atomic E-state index is 11.3. The Morgan fingerprint density at radius 3 is 2.69 bits per heavy atom. The lowest BCUT2D eigenvalue weighted by Gasteiger charge is -2.15. The van der Waals surface area contributed by atoms with Crippen LogP contribution >= 0.6 is 0 Å². The molecule has 1 saturated heterocycles. The van der Waals surface area contributed by atoms with E-state index in [0.717, 1.165) is 11.3 Å². The van der Waals surface area contributed by atoms with Gasteiger partial charge in [0.25, 0.3) is 0 Å². The first-order valence-electron chi connectivity index (χ1n) is 5.41. The van der Waals surface area contributed by atoms with Gasteiger partial charge in [-0.3, -0.25) is 0 Å². The van der Waals surface area contributed by atoms with Gasteiger partial charge in [-0.05, 0) is 37.5 Å². The molecular formula is C12H16O3S. The SMILES string of the molecule is Cc1cccc(OC2CCS(=O)(=O)C2)c1C. The van der Waals surface area contributed by atoms with Gasteiger partial charge >= 0.3 is 0 Å². The van der Waals surface area contributed by atoms with Crippen molar-refractivity contribution < 1.29 is 13.2 Å². The van der Waals surface area contributed by atoms with E-state index in [0.29, 0.717) is 6.42 Å². The molecule has 3 nitrogen and oxygen atoms in total. The zero-order valence-electron chi connectivity index (χ0n) is 9.56. The molecule has 0 spiro atoms. The first-order valence-corrected chi connectivity index (χ1v) is 7.23. The van der Waals surface area contributed by atoms with Crippen molar-refractivity contribution in [1.82, 2.24) is 0 Å². The molecule has 1 fully saturated rings. The molecule has 88 valence electrons. The molecule has 1 unspecified atom stereocenters. The number of aryl methyl sites for hydroxylation is 1. The van der Waals surface area contributed by atoms with Crippen molar-refractivity contribution in [3.05, 3.63) is 29.3 Å². The molecule has 1 atom stereocenters. The summed E-state index contributed by atoms with van der Waals surface area (Å²) in [5.41, 5.74) is 2.25. The molecule has 0 saturated carbocycles. The summed E-state index contributed by atoms with van der Waals surface area (Å²) in [5, 5.41) is 0. The molecule has 0 aromatic heterocycles. The van der Waals surface area contributed by atoms with Gasteiger partial charge in [0.15, 0.2) is 9.84 Å². The molecular weight excluding hydrogens is 224 g/mol. The maximum absolute atomic E-state index is 11.3. The summed E-state index contributed by atoms with van der Waals surface area (Å²) in [6.07, 6.45) is 0.431. The molecule has 1 aliphatic rings. The van der Waals surface area contributed by atoms with Gasteiger partial charge in [-0.25, -0.2) is 8.42 Å². The van der Waals surface area contributed by atoms with Crippen LogP contribution < -0.4 is 4.74 Å². The van der Waals surface area contributed by atoms with E-state index in [1.165, 1.54) is 5.56 Å². The number of hydrogen-bond acceptors (Lipinski definition) is 3. The molecule has 0 N–H and O–H groups in total. The quantitative estimate of drug-likeness (QED) is 0.792. The van der Waals surface area contributed by atoms with Gasteiger partial charge in [0.2, 0.25) is 0 Å². The van der Waals surface area contributed by atoms with E-state index in [-0.39, 0.29) is 17.6 Å². The lowest BCUT2D eigenvalue weighted by molar-refractivity contribution is 0.227. The van der Waals surface area contributed by atoms with Crippen LogP contribution in [0.15, 0.2) is 18.2 Å². The second-order valence-electron chi connectivity index (χ2n) is 4.34. The van der Waals surface area contributed by atoms with Crippen LogP contribution in [0.2, 0.25) is 0 Å². The smallest absolute Gasteiger partial charge is 0.154 e. The fraction of sp³-hybridized carbons (Fsp3) is 0.500. The maximum Gasteiger partial charge on any atom is 0.154 e. The molecule has 0 aliphatic carbocycles. The number of benzene rings is 1. The van der Waals surface area contributed by atoms with E-state index in [2.05, 4.69) is 0 Å². The number of sulfone groups is 1. The molecule has 0 bridgehead atoms. The summed E-state index contributed by atoms with van der Waals surface area (Å²) < 4.78 is 28.3. The van der Waals surface area contributed by atoms with Gasteiger partial charge < -0.3 is 4.74 Å². The summed E-state index contributed by atoms with van der Waals surface area (Å²) in [5.74, 6) is 1.21.